The number of aromatic nitrogens is 1. The van der Waals surface area contributed by atoms with Gasteiger partial charge >= 0.3 is 0 Å². The average Bonchev–Trinajstić information content (AvgIpc) is 2.77. The van der Waals surface area contributed by atoms with Crippen molar-refractivity contribution in [1.29, 1.82) is 0 Å². The lowest BCUT2D eigenvalue weighted by molar-refractivity contribution is -0.111. The van der Waals surface area contributed by atoms with Crippen molar-refractivity contribution in [3.63, 3.8) is 0 Å². The van der Waals surface area contributed by atoms with Gasteiger partial charge in [-0.3, -0.25) is 9.78 Å². The summed E-state index contributed by atoms with van der Waals surface area (Å²) in [5.74, 6) is 0.616. The van der Waals surface area contributed by atoms with E-state index in [4.69, 9.17) is 0 Å². The van der Waals surface area contributed by atoms with Gasteiger partial charge in [0.2, 0.25) is 0 Å². The quantitative estimate of drug-likeness (QED) is 0.727. The number of rotatable bonds is 1. The van der Waals surface area contributed by atoms with Crippen molar-refractivity contribution in [2.75, 3.05) is 14.1 Å². The molecular formula is C11H16N2O. The van der Waals surface area contributed by atoms with Gasteiger partial charge in [0, 0.05) is 12.1 Å². The fourth-order valence-electron chi connectivity index (χ4n) is 1.33. The summed E-state index contributed by atoms with van der Waals surface area (Å²) in [6, 6.07) is 5.69. The molecule has 1 aliphatic rings. The molecule has 1 fully saturated rings. The molecule has 3 heteroatoms. The van der Waals surface area contributed by atoms with Gasteiger partial charge in [-0.1, -0.05) is 13.0 Å². The highest BCUT2D eigenvalue weighted by molar-refractivity contribution is 6.03. The maximum atomic E-state index is 11.0. The number of hydrogen-bond acceptors (Lipinski definition) is 3. The van der Waals surface area contributed by atoms with Crippen molar-refractivity contribution in [3.8, 4) is 0 Å². The molecule has 0 saturated heterocycles. The first-order chi connectivity index (χ1) is 6.72. The van der Waals surface area contributed by atoms with Crippen LogP contribution in [0.1, 0.15) is 18.5 Å². The van der Waals surface area contributed by atoms with Crippen LogP contribution in [0.3, 0.4) is 0 Å². The number of carbonyl (C=O) groups excluding carboxylic acids is 1. The van der Waals surface area contributed by atoms with Crippen molar-refractivity contribution in [1.82, 2.24) is 10.3 Å². The van der Waals surface area contributed by atoms with Crippen LogP contribution in [-0.4, -0.2) is 24.9 Å². The highest BCUT2D eigenvalue weighted by Gasteiger charge is 2.47. The van der Waals surface area contributed by atoms with Gasteiger partial charge in [-0.25, -0.2) is 0 Å². The third kappa shape index (κ3) is 2.39. The van der Waals surface area contributed by atoms with Gasteiger partial charge in [0.15, 0.2) is 0 Å². The Morgan fingerprint density at radius 3 is 2.29 bits per heavy atom. The summed E-state index contributed by atoms with van der Waals surface area (Å²) in [6.45, 7) is 1.95. The fourth-order valence-corrected chi connectivity index (χ4v) is 1.33. The molecule has 1 heterocycles. The highest BCUT2D eigenvalue weighted by Crippen LogP contribution is 2.41. The van der Waals surface area contributed by atoms with E-state index in [2.05, 4.69) is 10.3 Å². The molecule has 3 nitrogen and oxygen atoms in total. The van der Waals surface area contributed by atoms with Gasteiger partial charge in [0.1, 0.15) is 5.78 Å². The summed E-state index contributed by atoms with van der Waals surface area (Å²) in [6.07, 6.45) is 1.73. The van der Waals surface area contributed by atoms with Crippen LogP contribution in [0.2, 0.25) is 0 Å². The molecule has 1 saturated carbocycles. The second-order valence-electron chi connectivity index (χ2n) is 3.42. The van der Waals surface area contributed by atoms with Crippen molar-refractivity contribution in [2.24, 2.45) is 5.92 Å². The predicted octanol–water partition coefficient (Wildman–Crippen LogP) is 1.22. The number of carbonyl (C=O) groups is 1. The summed E-state index contributed by atoms with van der Waals surface area (Å²) in [5.41, 5.74) is 0.921. The average molecular weight is 192 g/mol. The van der Waals surface area contributed by atoms with Crippen LogP contribution in [0.25, 0.3) is 0 Å². The highest BCUT2D eigenvalue weighted by atomic mass is 16.1. The van der Waals surface area contributed by atoms with E-state index < -0.39 is 0 Å². The first-order valence-corrected chi connectivity index (χ1v) is 4.75. The first kappa shape index (κ1) is 10.9. The van der Waals surface area contributed by atoms with Crippen molar-refractivity contribution >= 4 is 5.78 Å². The molecular weight excluding hydrogens is 176 g/mol. The summed E-state index contributed by atoms with van der Waals surface area (Å²) >= 11 is 0. The molecule has 1 aliphatic carbocycles. The fraction of sp³-hybridized carbons (Fsp3) is 0.455. The first-order valence-electron chi connectivity index (χ1n) is 4.75. The van der Waals surface area contributed by atoms with Crippen LogP contribution in [0.5, 0.6) is 0 Å². The number of nitrogens with zero attached hydrogens (tertiary/aromatic N) is 1. The second-order valence-corrected chi connectivity index (χ2v) is 3.42. The SMILES string of the molecule is CC1C(=O)C1c1ccccn1.CNC. The molecule has 2 unspecified atom stereocenters. The lowest BCUT2D eigenvalue weighted by Gasteiger charge is -1.91. The Bertz CT molecular complexity index is 297. The Hall–Kier alpha value is -1.22. The minimum atomic E-state index is 0.0937. The normalized spacial score (nSPS) is 23.8. The Morgan fingerprint density at radius 1 is 1.36 bits per heavy atom. The number of pyridine rings is 1. The number of nitrogens with one attached hydrogen (secondary N) is 1. The topological polar surface area (TPSA) is 42.0 Å². The van der Waals surface area contributed by atoms with Crippen LogP contribution in [0, 0.1) is 5.92 Å². The standard InChI is InChI=1S/C9H9NO.C2H7N/c1-6-8(9(6)11)7-4-2-3-5-10-7;1-3-2/h2-6,8H,1H3;3H,1-2H3. The minimum absolute atomic E-state index is 0.0937. The molecule has 1 aromatic heterocycles. The Balaban J connectivity index is 0.000000293. The third-order valence-corrected chi connectivity index (χ3v) is 2.15. The van der Waals surface area contributed by atoms with Gasteiger partial charge < -0.3 is 5.32 Å². The summed E-state index contributed by atoms with van der Waals surface area (Å²) in [4.78, 5) is 15.1. The van der Waals surface area contributed by atoms with E-state index in [1.165, 1.54) is 0 Å². The second kappa shape index (κ2) is 4.86. The summed E-state index contributed by atoms with van der Waals surface area (Å²) < 4.78 is 0. The molecule has 0 bridgehead atoms. The van der Waals surface area contributed by atoms with E-state index in [1.807, 2.05) is 39.2 Å². The van der Waals surface area contributed by atoms with Gasteiger partial charge in [-0.05, 0) is 26.2 Å². The molecule has 14 heavy (non-hydrogen) atoms. The number of ketones is 1. The van der Waals surface area contributed by atoms with Gasteiger partial charge in [0.25, 0.3) is 0 Å². The zero-order chi connectivity index (χ0) is 10.6. The van der Waals surface area contributed by atoms with Gasteiger partial charge in [-0.15, -0.1) is 0 Å². The van der Waals surface area contributed by atoms with E-state index in [0.717, 1.165) is 5.69 Å². The van der Waals surface area contributed by atoms with Gasteiger partial charge in [-0.2, -0.15) is 0 Å². The molecule has 2 atom stereocenters. The summed E-state index contributed by atoms with van der Waals surface area (Å²) in [7, 11) is 3.75. The zero-order valence-corrected chi connectivity index (χ0v) is 8.82. The lowest BCUT2D eigenvalue weighted by Crippen LogP contribution is -1.89. The van der Waals surface area contributed by atoms with Crippen molar-refractivity contribution in [2.45, 2.75) is 12.8 Å². The largest absolute Gasteiger partial charge is 0.323 e. The van der Waals surface area contributed by atoms with Crippen LogP contribution in [-0.2, 0) is 4.79 Å². The van der Waals surface area contributed by atoms with Crippen molar-refractivity contribution in [3.05, 3.63) is 30.1 Å². The Morgan fingerprint density at radius 2 is 1.93 bits per heavy atom. The van der Waals surface area contributed by atoms with Gasteiger partial charge in [0.05, 0.1) is 11.6 Å². The Labute approximate surface area is 84.6 Å². The maximum absolute atomic E-state index is 11.0. The van der Waals surface area contributed by atoms with Crippen LogP contribution < -0.4 is 5.32 Å². The number of Topliss-reactive ketones (excluding diaryl/α,β-unsaturated/α-hetero) is 1. The number of hydrogen-bond donors (Lipinski definition) is 1. The molecule has 0 aliphatic heterocycles. The maximum Gasteiger partial charge on any atom is 0.146 e. The van der Waals surface area contributed by atoms with Crippen molar-refractivity contribution < 1.29 is 4.79 Å². The third-order valence-electron chi connectivity index (χ3n) is 2.15. The smallest absolute Gasteiger partial charge is 0.146 e. The van der Waals surface area contributed by atoms with E-state index in [9.17, 15) is 4.79 Å². The molecule has 0 amide bonds. The van der Waals surface area contributed by atoms with E-state index in [0.29, 0.717) is 5.78 Å². The zero-order valence-electron chi connectivity index (χ0n) is 8.82. The monoisotopic (exact) mass is 192 g/mol. The molecule has 76 valence electrons. The molecule has 0 radical (unpaired) electrons. The lowest BCUT2D eigenvalue weighted by atomic mass is 10.2. The van der Waals surface area contributed by atoms with Crippen LogP contribution in [0.4, 0.5) is 0 Å². The minimum Gasteiger partial charge on any atom is -0.323 e. The van der Waals surface area contributed by atoms with Crippen LogP contribution in [0.15, 0.2) is 24.4 Å². The van der Waals surface area contributed by atoms with E-state index in [1.54, 1.807) is 6.20 Å². The summed E-state index contributed by atoms with van der Waals surface area (Å²) in [5, 5.41) is 2.75. The molecule has 1 N–H and O–H groups in total. The molecule has 0 spiro atoms. The molecule has 1 aromatic rings. The molecule has 2 rings (SSSR count). The van der Waals surface area contributed by atoms with Crippen LogP contribution >= 0.6 is 0 Å². The Kier molecular flexibility index (Phi) is 3.77. The predicted molar refractivity (Wildman–Crippen MR) is 56.1 cm³/mol. The molecule has 0 aromatic carbocycles. The van der Waals surface area contributed by atoms with E-state index in [-0.39, 0.29) is 11.8 Å². The van der Waals surface area contributed by atoms with E-state index >= 15 is 0 Å².